The Morgan fingerprint density at radius 1 is 1.29 bits per heavy atom. The van der Waals surface area contributed by atoms with Gasteiger partial charge in [0.25, 0.3) is 5.91 Å². The molecule has 1 fully saturated rings. The smallest absolute Gasteiger partial charge is 0.252 e. The predicted octanol–water partition coefficient (Wildman–Crippen LogP) is 2.67. The number of carbonyl (C=O) groups is 1. The normalized spacial score (nSPS) is 19.0. The van der Waals surface area contributed by atoms with Crippen LogP contribution in [0.5, 0.6) is 11.5 Å². The molecule has 0 unspecified atom stereocenters. The molecule has 7 nitrogen and oxygen atoms in total. The maximum absolute atomic E-state index is 12.9. The zero-order valence-electron chi connectivity index (χ0n) is 16.5. The van der Waals surface area contributed by atoms with Gasteiger partial charge in [-0.05, 0) is 38.8 Å². The average molecular weight is 383 g/mol. The van der Waals surface area contributed by atoms with Crippen molar-refractivity contribution in [1.29, 1.82) is 0 Å². The second kappa shape index (κ2) is 7.75. The largest absolute Gasteiger partial charge is 0.493 e. The molecule has 0 bridgehead atoms. The number of ether oxygens (including phenoxy) is 3. The van der Waals surface area contributed by atoms with E-state index in [9.17, 15) is 4.79 Å². The van der Waals surface area contributed by atoms with Gasteiger partial charge in [0.05, 0.1) is 30.7 Å². The fraction of sp³-hybridized carbons (Fsp3) is 0.476. The Kier molecular flexibility index (Phi) is 5.17. The summed E-state index contributed by atoms with van der Waals surface area (Å²) in [5.74, 6) is 1.36. The molecule has 2 aliphatic rings. The summed E-state index contributed by atoms with van der Waals surface area (Å²) in [4.78, 5) is 23.8. The van der Waals surface area contributed by atoms with Crippen LogP contribution in [0.1, 0.15) is 29.8 Å². The van der Waals surface area contributed by atoms with Gasteiger partial charge >= 0.3 is 0 Å². The molecule has 0 spiro atoms. The molecule has 1 aromatic heterocycles. The van der Waals surface area contributed by atoms with Gasteiger partial charge in [0.1, 0.15) is 12.7 Å². The van der Waals surface area contributed by atoms with Gasteiger partial charge in [0, 0.05) is 30.5 Å². The average Bonchev–Trinajstić information content (AvgIpc) is 3.15. The first-order chi connectivity index (χ1) is 13.6. The highest BCUT2D eigenvalue weighted by molar-refractivity contribution is 5.81. The van der Waals surface area contributed by atoms with Crippen molar-refractivity contribution in [2.45, 2.75) is 39.3 Å². The lowest BCUT2D eigenvalue weighted by molar-refractivity contribution is -0.141. The third-order valence-electron chi connectivity index (χ3n) is 5.19. The number of hydrogen-bond acceptors (Lipinski definition) is 6. The molecular formula is C21H25N3O4. The quantitative estimate of drug-likeness (QED) is 0.811. The molecule has 7 heteroatoms. The molecule has 28 heavy (non-hydrogen) atoms. The van der Waals surface area contributed by atoms with E-state index in [2.05, 4.69) is 9.97 Å². The molecule has 1 amide bonds. The minimum atomic E-state index is -0.337. The number of aryl methyl sites for hydroxylation is 2. The van der Waals surface area contributed by atoms with Crippen LogP contribution >= 0.6 is 0 Å². The maximum Gasteiger partial charge on any atom is 0.252 e. The number of nitrogens with zero attached hydrogens (tertiary/aromatic N) is 3. The lowest BCUT2D eigenvalue weighted by Crippen LogP contribution is -2.39. The molecule has 1 aromatic carbocycles. The van der Waals surface area contributed by atoms with Crippen LogP contribution in [-0.2, 0) is 16.1 Å². The van der Waals surface area contributed by atoms with E-state index in [1.54, 1.807) is 13.3 Å². The van der Waals surface area contributed by atoms with Gasteiger partial charge in [-0.1, -0.05) is 0 Å². The van der Waals surface area contributed by atoms with Crippen LogP contribution in [0.3, 0.4) is 0 Å². The number of hydrogen-bond donors (Lipinski definition) is 0. The zero-order chi connectivity index (χ0) is 19.7. The Balaban J connectivity index is 1.72. The molecule has 0 radical (unpaired) electrons. The fourth-order valence-corrected chi connectivity index (χ4v) is 3.75. The minimum absolute atomic E-state index is 0.0323. The Morgan fingerprint density at radius 3 is 2.89 bits per heavy atom. The van der Waals surface area contributed by atoms with Gasteiger partial charge in [-0.2, -0.15) is 0 Å². The minimum Gasteiger partial charge on any atom is -0.493 e. The summed E-state index contributed by atoms with van der Waals surface area (Å²) in [5, 5.41) is 0. The van der Waals surface area contributed by atoms with Crippen LogP contribution in [-0.4, -0.2) is 53.7 Å². The van der Waals surface area contributed by atoms with Crippen LogP contribution in [0, 0.1) is 13.8 Å². The van der Waals surface area contributed by atoms with Crippen LogP contribution in [0.15, 0.2) is 18.3 Å². The van der Waals surface area contributed by atoms with Crippen molar-refractivity contribution in [2.24, 2.45) is 0 Å². The number of amides is 1. The molecular weight excluding hydrogens is 358 g/mol. The summed E-state index contributed by atoms with van der Waals surface area (Å²) in [5.41, 5.74) is 4.30. The van der Waals surface area contributed by atoms with Gasteiger partial charge in [0.15, 0.2) is 11.5 Å². The molecule has 2 aliphatic heterocycles. The molecule has 4 rings (SSSR count). The number of rotatable bonds is 3. The molecule has 0 N–H and O–H groups in total. The molecule has 148 valence electrons. The second-order valence-corrected chi connectivity index (χ2v) is 7.22. The van der Waals surface area contributed by atoms with Crippen LogP contribution in [0.2, 0.25) is 0 Å². The van der Waals surface area contributed by atoms with Crippen LogP contribution in [0.25, 0.3) is 11.3 Å². The second-order valence-electron chi connectivity index (χ2n) is 7.22. The van der Waals surface area contributed by atoms with E-state index >= 15 is 0 Å². The summed E-state index contributed by atoms with van der Waals surface area (Å²) < 4.78 is 17.1. The van der Waals surface area contributed by atoms with E-state index in [1.165, 1.54) is 0 Å². The van der Waals surface area contributed by atoms with Crippen molar-refractivity contribution in [1.82, 2.24) is 14.9 Å². The molecule has 3 heterocycles. The van der Waals surface area contributed by atoms with E-state index in [0.29, 0.717) is 37.8 Å². The van der Waals surface area contributed by atoms with Crippen molar-refractivity contribution >= 4 is 5.91 Å². The lowest BCUT2D eigenvalue weighted by atomic mass is 10.0. The summed E-state index contributed by atoms with van der Waals surface area (Å²) in [6.07, 6.45) is 3.13. The molecule has 1 atom stereocenters. The van der Waals surface area contributed by atoms with Gasteiger partial charge in [0.2, 0.25) is 0 Å². The van der Waals surface area contributed by atoms with Crippen molar-refractivity contribution in [3.8, 4) is 22.8 Å². The SMILES string of the molecule is COc1cc(-c2nc(C)cnc2C)cc2c1OCCN(C(=O)[C@@H]1CCCO1)C2. The summed E-state index contributed by atoms with van der Waals surface area (Å²) in [6, 6.07) is 3.95. The standard InChI is InChI=1S/C21H25N3O4/c1-13-11-22-14(2)19(23-13)15-9-16-12-24(21(25)17-5-4-7-27-17)6-8-28-20(16)18(10-15)26-3/h9-11,17H,4-8,12H2,1-3H3/t17-/m0/s1. The van der Waals surface area contributed by atoms with Gasteiger partial charge in [-0.3, -0.25) is 9.78 Å². The third-order valence-corrected chi connectivity index (χ3v) is 5.19. The summed E-state index contributed by atoms with van der Waals surface area (Å²) >= 11 is 0. The van der Waals surface area contributed by atoms with Crippen molar-refractivity contribution in [3.63, 3.8) is 0 Å². The molecule has 1 saturated heterocycles. The molecule has 0 aliphatic carbocycles. The highest BCUT2D eigenvalue weighted by Crippen LogP contribution is 2.38. The van der Waals surface area contributed by atoms with Gasteiger partial charge < -0.3 is 19.1 Å². The van der Waals surface area contributed by atoms with Crippen molar-refractivity contribution < 1.29 is 19.0 Å². The monoisotopic (exact) mass is 383 g/mol. The Hall–Kier alpha value is -2.67. The lowest BCUT2D eigenvalue weighted by Gasteiger charge is -2.23. The summed E-state index contributed by atoms with van der Waals surface area (Å²) in [7, 11) is 1.62. The predicted molar refractivity (Wildman–Crippen MR) is 103 cm³/mol. The Morgan fingerprint density at radius 2 is 2.14 bits per heavy atom. The van der Waals surface area contributed by atoms with E-state index in [4.69, 9.17) is 14.2 Å². The van der Waals surface area contributed by atoms with Crippen molar-refractivity contribution in [2.75, 3.05) is 26.9 Å². The van der Waals surface area contributed by atoms with E-state index in [-0.39, 0.29) is 12.0 Å². The first-order valence-electron chi connectivity index (χ1n) is 9.61. The van der Waals surface area contributed by atoms with Crippen molar-refractivity contribution in [3.05, 3.63) is 35.3 Å². The first-order valence-corrected chi connectivity index (χ1v) is 9.61. The molecule has 0 saturated carbocycles. The molecule has 2 aromatic rings. The van der Waals surface area contributed by atoms with Crippen LogP contribution < -0.4 is 9.47 Å². The van der Waals surface area contributed by atoms with E-state index < -0.39 is 0 Å². The van der Waals surface area contributed by atoms with Gasteiger partial charge in [-0.15, -0.1) is 0 Å². The number of fused-ring (bicyclic) bond motifs is 1. The number of methoxy groups -OCH3 is 1. The number of benzene rings is 1. The highest BCUT2D eigenvalue weighted by atomic mass is 16.5. The third kappa shape index (κ3) is 3.54. The van der Waals surface area contributed by atoms with Gasteiger partial charge in [-0.25, -0.2) is 4.98 Å². The zero-order valence-corrected chi connectivity index (χ0v) is 16.5. The van der Waals surface area contributed by atoms with E-state index in [0.717, 1.165) is 41.1 Å². The number of carbonyl (C=O) groups excluding carboxylic acids is 1. The Bertz CT molecular complexity index is 893. The fourth-order valence-electron chi connectivity index (χ4n) is 3.75. The number of aromatic nitrogens is 2. The summed E-state index contributed by atoms with van der Waals surface area (Å²) in [6.45, 7) is 5.90. The first kappa shape index (κ1) is 18.7. The Labute approximate surface area is 164 Å². The van der Waals surface area contributed by atoms with E-state index in [1.807, 2.05) is 30.9 Å². The topological polar surface area (TPSA) is 73.8 Å². The van der Waals surface area contributed by atoms with Crippen LogP contribution in [0.4, 0.5) is 0 Å². The highest BCUT2D eigenvalue weighted by Gasteiger charge is 2.31. The maximum atomic E-state index is 12.9.